The Kier molecular flexibility index (Phi) is 5.04. The fraction of sp³-hybridized carbons (Fsp3) is 0.304. The summed E-state index contributed by atoms with van der Waals surface area (Å²) in [5.74, 6) is 1.14. The van der Waals surface area contributed by atoms with Gasteiger partial charge in [-0.15, -0.1) is 11.3 Å². The first-order valence-corrected chi connectivity index (χ1v) is 11.1. The standard InChI is InChI=1S/C23H23N5OS/c1-15(16-6-3-2-4-7-16)27-22(29)17-9-12-28(13-10-17)21-20-19(25-14-26-21)18-8-5-11-24-23(18)30-20/h2-8,11,14-15,17H,9-10,12-13H2,1H3,(H,27,29)/t15-/m1/s1. The lowest BCUT2D eigenvalue weighted by molar-refractivity contribution is -0.126. The number of anilines is 1. The third kappa shape index (κ3) is 3.50. The molecule has 0 radical (unpaired) electrons. The van der Waals surface area contributed by atoms with Crippen LogP contribution in [0.5, 0.6) is 0 Å². The van der Waals surface area contributed by atoms with Crippen LogP contribution in [0, 0.1) is 5.92 Å². The molecular formula is C23H23N5OS. The van der Waals surface area contributed by atoms with Crippen molar-refractivity contribution in [2.75, 3.05) is 18.0 Å². The Morgan fingerprint density at radius 3 is 2.70 bits per heavy atom. The van der Waals surface area contributed by atoms with Crippen molar-refractivity contribution in [2.24, 2.45) is 5.92 Å². The quantitative estimate of drug-likeness (QED) is 0.535. The monoisotopic (exact) mass is 417 g/mol. The van der Waals surface area contributed by atoms with Crippen LogP contribution in [0.1, 0.15) is 31.4 Å². The first-order chi connectivity index (χ1) is 14.7. The highest BCUT2D eigenvalue weighted by molar-refractivity contribution is 7.25. The zero-order valence-electron chi connectivity index (χ0n) is 16.8. The van der Waals surface area contributed by atoms with Crippen LogP contribution in [0.2, 0.25) is 0 Å². The second-order valence-corrected chi connectivity index (χ2v) is 8.73. The van der Waals surface area contributed by atoms with Gasteiger partial charge in [0, 0.05) is 30.6 Å². The molecule has 1 atom stereocenters. The molecule has 4 aromatic rings. The van der Waals surface area contributed by atoms with Gasteiger partial charge in [0.05, 0.1) is 16.3 Å². The molecule has 5 rings (SSSR count). The third-order valence-electron chi connectivity index (χ3n) is 5.83. The number of fused-ring (bicyclic) bond motifs is 3. The summed E-state index contributed by atoms with van der Waals surface area (Å²) < 4.78 is 1.08. The van der Waals surface area contributed by atoms with Gasteiger partial charge in [-0.25, -0.2) is 15.0 Å². The number of carbonyl (C=O) groups is 1. The third-order valence-corrected chi connectivity index (χ3v) is 6.93. The Labute approximate surface area is 179 Å². The number of benzene rings is 1. The highest BCUT2D eigenvalue weighted by Gasteiger charge is 2.28. The van der Waals surface area contributed by atoms with Gasteiger partial charge in [-0.3, -0.25) is 4.79 Å². The SMILES string of the molecule is C[C@@H](NC(=O)C1CCN(c2ncnc3c2sc2ncccc23)CC1)c1ccccc1. The van der Waals surface area contributed by atoms with E-state index in [0.29, 0.717) is 0 Å². The van der Waals surface area contributed by atoms with Crippen LogP contribution in [0.4, 0.5) is 5.82 Å². The number of carbonyl (C=O) groups excluding carboxylic acids is 1. The lowest BCUT2D eigenvalue weighted by Gasteiger charge is -2.32. The van der Waals surface area contributed by atoms with Crippen molar-refractivity contribution in [1.29, 1.82) is 0 Å². The first kappa shape index (κ1) is 18.9. The summed E-state index contributed by atoms with van der Waals surface area (Å²) in [6, 6.07) is 14.1. The molecule has 1 aromatic carbocycles. The number of thiophene rings is 1. The Morgan fingerprint density at radius 2 is 1.90 bits per heavy atom. The van der Waals surface area contributed by atoms with Gasteiger partial charge >= 0.3 is 0 Å². The van der Waals surface area contributed by atoms with Gasteiger partial charge in [0.2, 0.25) is 5.91 Å². The first-order valence-electron chi connectivity index (χ1n) is 10.3. The zero-order valence-corrected chi connectivity index (χ0v) is 17.6. The molecule has 0 saturated carbocycles. The molecule has 1 amide bonds. The minimum Gasteiger partial charge on any atom is -0.355 e. The Balaban J connectivity index is 1.29. The van der Waals surface area contributed by atoms with Crippen molar-refractivity contribution < 1.29 is 4.79 Å². The average Bonchev–Trinajstić information content (AvgIpc) is 3.18. The topological polar surface area (TPSA) is 71.0 Å². The molecule has 0 spiro atoms. The van der Waals surface area contributed by atoms with E-state index in [1.54, 1.807) is 17.7 Å². The van der Waals surface area contributed by atoms with E-state index >= 15 is 0 Å². The predicted octanol–water partition coefficient (Wildman–Crippen LogP) is 4.33. The van der Waals surface area contributed by atoms with Gasteiger partial charge in [-0.2, -0.15) is 0 Å². The highest BCUT2D eigenvalue weighted by Crippen LogP contribution is 2.37. The lowest BCUT2D eigenvalue weighted by atomic mass is 9.95. The number of hydrogen-bond donors (Lipinski definition) is 1. The van der Waals surface area contributed by atoms with Crippen molar-refractivity contribution in [3.8, 4) is 0 Å². The van der Waals surface area contributed by atoms with Crippen molar-refractivity contribution in [3.63, 3.8) is 0 Å². The van der Waals surface area contributed by atoms with Crippen LogP contribution >= 0.6 is 11.3 Å². The van der Waals surface area contributed by atoms with E-state index in [9.17, 15) is 4.79 Å². The van der Waals surface area contributed by atoms with Gasteiger partial charge in [-0.05, 0) is 37.5 Å². The maximum absolute atomic E-state index is 12.8. The molecule has 7 heteroatoms. The molecule has 6 nitrogen and oxygen atoms in total. The number of nitrogens with zero attached hydrogens (tertiary/aromatic N) is 4. The molecule has 3 aromatic heterocycles. The van der Waals surface area contributed by atoms with Crippen LogP contribution in [0.15, 0.2) is 55.0 Å². The molecule has 30 heavy (non-hydrogen) atoms. The molecule has 1 aliphatic heterocycles. The number of piperidine rings is 1. The molecule has 1 aliphatic rings. The van der Waals surface area contributed by atoms with E-state index < -0.39 is 0 Å². The number of amides is 1. The van der Waals surface area contributed by atoms with Crippen LogP contribution in [-0.2, 0) is 4.79 Å². The summed E-state index contributed by atoms with van der Waals surface area (Å²) in [6.45, 7) is 3.66. The normalized spacial score (nSPS) is 16.1. The summed E-state index contributed by atoms with van der Waals surface area (Å²) in [4.78, 5) is 29.6. The van der Waals surface area contributed by atoms with Gasteiger partial charge < -0.3 is 10.2 Å². The van der Waals surface area contributed by atoms with E-state index in [-0.39, 0.29) is 17.9 Å². The average molecular weight is 418 g/mol. The fourth-order valence-corrected chi connectivity index (χ4v) is 5.25. The van der Waals surface area contributed by atoms with Crippen LogP contribution in [0.3, 0.4) is 0 Å². The highest BCUT2D eigenvalue weighted by atomic mass is 32.1. The molecule has 1 saturated heterocycles. The maximum atomic E-state index is 12.8. The minimum absolute atomic E-state index is 0.0178. The number of rotatable bonds is 4. The van der Waals surface area contributed by atoms with E-state index in [1.807, 2.05) is 49.5 Å². The molecular weight excluding hydrogens is 394 g/mol. The summed E-state index contributed by atoms with van der Waals surface area (Å²) in [5, 5.41) is 4.25. The maximum Gasteiger partial charge on any atom is 0.223 e. The van der Waals surface area contributed by atoms with Crippen molar-refractivity contribution in [1.82, 2.24) is 20.3 Å². The lowest BCUT2D eigenvalue weighted by Crippen LogP contribution is -2.41. The minimum atomic E-state index is 0.0178. The van der Waals surface area contributed by atoms with E-state index in [4.69, 9.17) is 0 Å². The Hall–Kier alpha value is -3.06. The molecule has 152 valence electrons. The zero-order chi connectivity index (χ0) is 20.5. The fourth-order valence-electron chi connectivity index (χ4n) is 4.13. The summed E-state index contributed by atoms with van der Waals surface area (Å²) in [7, 11) is 0. The molecule has 1 N–H and O–H groups in total. The van der Waals surface area contributed by atoms with Crippen LogP contribution in [0.25, 0.3) is 20.4 Å². The molecule has 4 heterocycles. The number of nitrogens with one attached hydrogen (secondary N) is 1. The Morgan fingerprint density at radius 1 is 1.10 bits per heavy atom. The summed E-state index contributed by atoms with van der Waals surface area (Å²) in [6.07, 6.45) is 5.09. The molecule has 0 unspecified atom stereocenters. The largest absolute Gasteiger partial charge is 0.355 e. The van der Waals surface area contributed by atoms with Gasteiger partial charge in [0.1, 0.15) is 17.0 Å². The van der Waals surface area contributed by atoms with Gasteiger partial charge in [0.25, 0.3) is 0 Å². The van der Waals surface area contributed by atoms with E-state index in [0.717, 1.165) is 57.7 Å². The van der Waals surface area contributed by atoms with Crippen LogP contribution in [-0.4, -0.2) is 33.9 Å². The Bertz CT molecular complexity index is 1180. The predicted molar refractivity (Wildman–Crippen MR) is 121 cm³/mol. The summed E-state index contributed by atoms with van der Waals surface area (Å²) in [5.41, 5.74) is 2.09. The smallest absolute Gasteiger partial charge is 0.223 e. The second kappa shape index (κ2) is 7.99. The summed E-state index contributed by atoms with van der Waals surface area (Å²) >= 11 is 1.64. The van der Waals surface area contributed by atoms with E-state index in [1.165, 1.54) is 0 Å². The van der Waals surface area contributed by atoms with E-state index in [2.05, 4.69) is 31.2 Å². The van der Waals surface area contributed by atoms with Gasteiger partial charge in [0.15, 0.2) is 0 Å². The second-order valence-electron chi connectivity index (χ2n) is 7.74. The van der Waals surface area contributed by atoms with Crippen molar-refractivity contribution in [3.05, 3.63) is 60.6 Å². The molecule has 1 fully saturated rings. The molecule has 0 aliphatic carbocycles. The van der Waals surface area contributed by atoms with Crippen LogP contribution < -0.4 is 10.2 Å². The number of aromatic nitrogens is 3. The molecule has 0 bridgehead atoms. The van der Waals surface area contributed by atoms with Gasteiger partial charge in [-0.1, -0.05) is 30.3 Å². The van der Waals surface area contributed by atoms with Crippen molar-refractivity contribution >= 4 is 43.5 Å². The number of hydrogen-bond acceptors (Lipinski definition) is 6. The van der Waals surface area contributed by atoms with Crippen molar-refractivity contribution in [2.45, 2.75) is 25.8 Å². The number of pyridine rings is 1.